The van der Waals surface area contributed by atoms with Gasteiger partial charge in [0.1, 0.15) is 0 Å². The minimum Gasteiger partial charge on any atom is -0.493 e. The second-order valence-corrected chi connectivity index (χ2v) is 6.82. The Morgan fingerprint density at radius 3 is 2.42 bits per heavy atom. The summed E-state index contributed by atoms with van der Waals surface area (Å²) >= 11 is 0. The zero-order valence-corrected chi connectivity index (χ0v) is 16.0. The Morgan fingerprint density at radius 2 is 1.65 bits per heavy atom. The Balaban J connectivity index is 1.74. The van der Waals surface area contributed by atoms with Crippen LogP contribution < -0.4 is 14.8 Å². The standard InChI is InChI=1S/C23H27NO2/c1-16(2)26-22-13-12-18(14-23(22)25-4)15-24-17(3)20-11-7-9-19-8-5-6-10-21(19)20/h5-14,16-17,24H,15H2,1-4H3. The van der Waals surface area contributed by atoms with Gasteiger partial charge in [0.25, 0.3) is 0 Å². The van der Waals surface area contributed by atoms with Gasteiger partial charge in [-0.1, -0.05) is 48.5 Å². The molecule has 3 aromatic rings. The molecule has 0 aliphatic rings. The van der Waals surface area contributed by atoms with Crippen LogP contribution >= 0.6 is 0 Å². The summed E-state index contributed by atoms with van der Waals surface area (Å²) in [5, 5.41) is 6.20. The molecule has 0 aliphatic heterocycles. The van der Waals surface area contributed by atoms with Crippen LogP contribution in [-0.4, -0.2) is 13.2 Å². The van der Waals surface area contributed by atoms with E-state index in [4.69, 9.17) is 9.47 Å². The largest absolute Gasteiger partial charge is 0.493 e. The highest BCUT2D eigenvalue weighted by atomic mass is 16.5. The molecule has 0 heterocycles. The van der Waals surface area contributed by atoms with Gasteiger partial charge >= 0.3 is 0 Å². The molecule has 0 saturated carbocycles. The van der Waals surface area contributed by atoms with Gasteiger partial charge < -0.3 is 14.8 Å². The van der Waals surface area contributed by atoms with Crippen molar-refractivity contribution in [1.29, 1.82) is 0 Å². The first-order valence-corrected chi connectivity index (χ1v) is 9.13. The molecule has 1 N–H and O–H groups in total. The number of hydrogen-bond acceptors (Lipinski definition) is 3. The molecule has 0 radical (unpaired) electrons. The number of fused-ring (bicyclic) bond motifs is 1. The first kappa shape index (κ1) is 18.3. The number of benzene rings is 3. The molecule has 1 atom stereocenters. The van der Waals surface area contributed by atoms with E-state index in [1.54, 1.807) is 7.11 Å². The SMILES string of the molecule is COc1cc(CNC(C)c2cccc3ccccc23)ccc1OC(C)C. The first-order valence-electron chi connectivity index (χ1n) is 9.13. The second kappa shape index (κ2) is 8.24. The molecule has 0 bridgehead atoms. The predicted octanol–water partition coefficient (Wildman–Crippen LogP) is 5.49. The van der Waals surface area contributed by atoms with E-state index in [0.29, 0.717) is 0 Å². The van der Waals surface area contributed by atoms with Crippen LogP contribution in [0, 0.1) is 0 Å². The van der Waals surface area contributed by atoms with E-state index < -0.39 is 0 Å². The van der Waals surface area contributed by atoms with Crippen LogP contribution in [0.1, 0.15) is 37.9 Å². The maximum Gasteiger partial charge on any atom is 0.161 e. The van der Waals surface area contributed by atoms with Gasteiger partial charge in [0.05, 0.1) is 13.2 Å². The van der Waals surface area contributed by atoms with Gasteiger partial charge in [0.15, 0.2) is 11.5 Å². The fourth-order valence-electron chi connectivity index (χ4n) is 3.18. The van der Waals surface area contributed by atoms with E-state index in [1.807, 2.05) is 26.0 Å². The van der Waals surface area contributed by atoms with Crippen molar-refractivity contribution in [3.63, 3.8) is 0 Å². The average Bonchev–Trinajstić information content (AvgIpc) is 2.66. The quantitative estimate of drug-likeness (QED) is 0.612. The molecule has 3 rings (SSSR count). The van der Waals surface area contributed by atoms with E-state index in [2.05, 4.69) is 60.8 Å². The highest BCUT2D eigenvalue weighted by Gasteiger charge is 2.11. The summed E-state index contributed by atoms with van der Waals surface area (Å²) in [7, 11) is 1.68. The van der Waals surface area contributed by atoms with E-state index in [1.165, 1.54) is 21.9 Å². The van der Waals surface area contributed by atoms with Crippen molar-refractivity contribution in [3.05, 3.63) is 71.8 Å². The van der Waals surface area contributed by atoms with Crippen LogP contribution in [0.4, 0.5) is 0 Å². The van der Waals surface area contributed by atoms with Gasteiger partial charge in [-0.25, -0.2) is 0 Å². The topological polar surface area (TPSA) is 30.5 Å². The Hall–Kier alpha value is -2.52. The van der Waals surface area contributed by atoms with Gasteiger partial charge in [-0.2, -0.15) is 0 Å². The van der Waals surface area contributed by atoms with E-state index in [-0.39, 0.29) is 12.1 Å². The lowest BCUT2D eigenvalue weighted by atomic mass is 9.99. The number of methoxy groups -OCH3 is 1. The molecular weight excluding hydrogens is 322 g/mol. The van der Waals surface area contributed by atoms with Gasteiger partial charge in [-0.15, -0.1) is 0 Å². The van der Waals surface area contributed by atoms with Crippen molar-refractivity contribution < 1.29 is 9.47 Å². The third-order valence-corrected chi connectivity index (χ3v) is 4.49. The molecule has 0 amide bonds. The molecule has 136 valence electrons. The molecule has 0 saturated heterocycles. The van der Waals surface area contributed by atoms with Crippen LogP contribution in [0.5, 0.6) is 11.5 Å². The highest BCUT2D eigenvalue weighted by Crippen LogP contribution is 2.29. The van der Waals surface area contributed by atoms with Gasteiger partial charge in [0, 0.05) is 12.6 Å². The Labute approximate surface area is 156 Å². The molecule has 1 unspecified atom stereocenters. The highest BCUT2D eigenvalue weighted by molar-refractivity contribution is 5.86. The smallest absolute Gasteiger partial charge is 0.161 e. The Morgan fingerprint density at radius 1 is 0.885 bits per heavy atom. The summed E-state index contributed by atoms with van der Waals surface area (Å²) in [6.07, 6.45) is 0.124. The number of hydrogen-bond donors (Lipinski definition) is 1. The monoisotopic (exact) mass is 349 g/mol. The van der Waals surface area contributed by atoms with E-state index >= 15 is 0 Å². The molecule has 3 nitrogen and oxygen atoms in total. The van der Waals surface area contributed by atoms with Crippen molar-refractivity contribution in [2.45, 2.75) is 39.5 Å². The van der Waals surface area contributed by atoms with Crippen LogP contribution in [-0.2, 0) is 6.54 Å². The van der Waals surface area contributed by atoms with Crippen LogP contribution in [0.3, 0.4) is 0 Å². The molecule has 3 heteroatoms. The van der Waals surface area contributed by atoms with Crippen molar-refractivity contribution in [2.24, 2.45) is 0 Å². The summed E-state index contributed by atoms with van der Waals surface area (Å²) in [5.74, 6) is 1.56. The lowest BCUT2D eigenvalue weighted by Gasteiger charge is -2.18. The van der Waals surface area contributed by atoms with Crippen molar-refractivity contribution in [3.8, 4) is 11.5 Å². The fraction of sp³-hybridized carbons (Fsp3) is 0.304. The zero-order valence-electron chi connectivity index (χ0n) is 16.0. The van der Waals surface area contributed by atoms with Crippen LogP contribution in [0.25, 0.3) is 10.8 Å². The molecule has 3 aromatic carbocycles. The summed E-state index contributed by atoms with van der Waals surface area (Å²) in [6.45, 7) is 7.00. The third kappa shape index (κ3) is 4.17. The minimum atomic E-state index is 0.124. The molecule has 0 fully saturated rings. The molecule has 0 spiro atoms. The number of ether oxygens (including phenoxy) is 2. The molecule has 0 aromatic heterocycles. The fourth-order valence-corrected chi connectivity index (χ4v) is 3.18. The minimum absolute atomic E-state index is 0.124. The average molecular weight is 349 g/mol. The Kier molecular flexibility index (Phi) is 5.79. The maximum absolute atomic E-state index is 5.79. The number of rotatable bonds is 7. The van der Waals surface area contributed by atoms with Crippen molar-refractivity contribution in [1.82, 2.24) is 5.32 Å². The predicted molar refractivity (Wildman–Crippen MR) is 108 cm³/mol. The normalized spacial score (nSPS) is 12.3. The molecular formula is C23H27NO2. The zero-order chi connectivity index (χ0) is 18.5. The summed E-state index contributed by atoms with van der Waals surface area (Å²) in [5.41, 5.74) is 2.49. The van der Waals surface area contributed by atoms with Crippen LogP contribution in [0.15, 0.2) is 60.7 Å². The van der Waals surface area contributed by atoms with Crippen LogP contribution in [0.2, 0.25) is 0 Å². The number of nitrogens with one attached hydrogen (secondary N) is 1. The van der Waals surface area contributed by atoms with Crippen molar-refractivity contribution >= 4 is 10.8 Å². The molecule has 26 heavy (non-hydrogen) atoms. The molecule has 0 aliphatic carbocycles. The summed E-state index contributed by atoms with van der Waals surface area (Å²) in [6, 6.07) is 21.4. The lowest BCUT2D eigenvalue weighted by molar-refractivity contribution is 0.230. The van der Waals surface area contributed by atoms with Gasteiger partial charge in [0.2, 0.25) is 0 Å². The first-order chi connectivity index (χ1) is 12.6. The van der Waals surface area contributed by atoms with Crippen molar-refractivity contribution in [2.75, 3.05) is 7.11 Å². The second-order valence-electron chi connectivity index (χ2n) is 6.82. The summed E-state index contributed by atoms with van der Waals surface area (Å²) < 4.78 is 11.3. The van der Waals surface area contributed by atoms with Gasteiger partial charge in [-0.3, -0.25) is 0 Å². The lowest BCUT2D eigenvalue weighted by Crippen LogP contribution is -2.18. The van der Waals surface area contributed by atoms with E-state index in [9.17, 15) is 0 Å². The van der Waals surface area contributed by atoms with E-state index in [0.717, 1.165) is 18.0 Å². The van der Waals surface area contributed by atoms with Gasteiger partial charge in [-0.05, 0) is 54.8 Å². The third-order valence-electron chi connectivity index (χ3n) is 4.49. The Bertz CT molecular complexity index is 868. The maximum atomic E-state index is 5.79. The summed E-state index contributed by atoms with van der Waals surface area (Å²) in [4.78, 5) is 0.